The first-order valence-corrected chi connectivity index (χ1v) is 10.7. The van der Waals surface area contributed by atoms with Gasteiger partial charge in [0.1, 0.15) is 0 Å². The van der Waals surface area contributed by atoms with Gasteiger partial charge in [-0.05, 0) is 44.3 Å². The Balaban J connectivity index is 1.82. The van der Waals surface area contributed by atoms with Gasteiger partial charge in [0.2, 0.25) is 0 Å². The molecule has 0 N–H and O–H groups in total. The van der Waals surface area contributed by atoms with Gasteiger partial charge in [-0.3, -0.25) is 0 Å². The molecule has 0 saturated heterocycles. The first kappa shape index (κ1) is 19.5. The number of benzene rings is 5. The topological polar surface area (TPSA) is 23.8 Å². The van der Waals surface area contributed by atoms with Gasteiger partial charge in [0, 0.05) is 5.56 Å². The minimum absolute atomic E-state index is 0.669. The largest absolute Gasteiger partial charge is 0.192 e. The van der Waals surface area contributed by atoms with Crippen molar-refractivity contribution in [3.63, 3.8) is 0 Å². The monoisotopic (exact) mass is 407 g/mol. The summed E-state index contributed by atoms with van der Waals surface area (Å²) in [5.41, 5.74) is 5.00. The highest BCUT2D eigenvalue weighted by Crippen LogP contribution is 2.38. The molecule has 0 spiro atoms. The molecular formula is C31H21N. The van der Waals surface area contributed by atoms with E-state index in [0.717, 1.165) is 38.2 Å². The fraction of sp³-hybridized carbons (Fsp3) is 0. The molecule has 5 aromatic rings. The lowest BCUT2D eigenvalue weighted by molar-refractivity contribution is 1.53. The molecule has 0 aliphatic heterocycles. The maximum absolute atomic E-state index is 10.1. The summed E-state index contributed by atoms with van der Waals surface area (Å²) in [6.07, 6.45) is 6.32. The van der Waals surface area contributed by atoms with Crippen LogP contribution in [0.2, 0.25) is 0 Å². The molecule has 0 radical (unpaired) electrons. The smallest absolute Gasteiger partial charge is 0.0998 e. The average molecular weight is 408 g/mol. The van der Waals surface area contributed by atoms with Crippen LogP contribution in [0.15, 0.2) is 109 Å². The van der Waals surface area contributed by atoms with Gasteiger partial charge in [0.15, 0.2) is 0 Å². The van der Waals surface area contributed by atoms with E-state index in [1.54, 1.807) is 0 Å². The number of fused-ring (bicyclic) bond motifs is 2. The van der Waals surface area contributed by atoms with E-state index in [-0.39, 0.29) is 0 Å². The Morgan fingerprint density at radius 1 is 0.531 bits per heavy atom. The molecule has 1 heteroatoms. The van der Waals surface area contributed by atoms with Crippen LogP contribution in [0.3, 0.4) is 0 Å². The standard InChI is InChI=1S/C31H21N/c32-22-25(21-24-13-5-2-6-14-24)31-29-17-9-7-15-26(29)28(27-16-8-10-18-30(27)31)20-19-23-11-3-1-4-12-23/h1-21H. The molecule has 0 aliphatic carbocycles. The lowest BCUT2D eigenvalue weighted by Gasteiger charge is -2.15. The molecule has 5 rings (SSSR count). The van der Waals surface area contributed by atoms with Crippen LogP contribution in [0.5, 0.6) is 0 Å². The Morgan fingerprint density at radius 3 is 1.53 bits per heavy atom. The number of hydrogen-bond donors (Lipinski definition) is 0. The molecule has 0 fully saturated rings. The second-order valence-electron chi connectivity index (χ2n) is 7.70. The van der Waals surface area contributed by atoms with Gasteiger partial charge in [-0.1, -0.05) is 121 Å². The highest BCUT2D eigenvalue weighted by Gasteiger charge is 2.15. The van der Waals surface area contributed by atoms with Crippen molar-refractivity contribution in [1.29, 1.82) is 5.26 Å². The molecule has 5 aromatic carbocycles. The van der Waals surface area contributed by atoms with Crippen LogP contribution in [-0.2, 0) is 0 Å². The fourth-order valence-electron chi connectivity index (χ4n) is 4.25. The summed E-state index contributed by atoms with van der Waals surface area (Å²) in [6.45, 7) is 0. The van der Waals surface area contributed by atoms with Crippen molar-refractivity contribution < 1.29 is 0 Å². The van der Waals surface area contributed by atoms with Crippen molar-refractivity contribution in [2.24, 2.45) is 0 Å². The highest BCUT2D eigenvalue weighted by molar-refractivity contribution is 6.17. The summed E-state index contributed by atoms with van der Waals surface area (Å²) in [5.74, 6) is 0. The van der Waals surface area contributed by atoms with Gasteiger partial charge >= 0.3 is 0 Å². The predicted octanol–water partition coefficient (Wildman–Crippen LogP) is 8.23. The van der Waals surface area contributed by atoms with Gasteiger partial charge < -0.3 is 0 Å². The second kappa shape index (κ2) is 8.76. The van der Waals surface area contributed by atoms with Crippen LogP contribution in [0.25, 0.3) is 45.3 Å². The van der Waals surface area contributed by atoms with Crippen LogP contribution in [0.1, 0.15) is 22.3 Å². The molecule has 0 aromatic heterocycles. The Kier molecular flexibility index (Phi) is 5.35. The Labute approximate surface area is 188 Å². The van der Waals surface area contributed by atoms with E-state index < -0.39 is 0 Å². The van der Waals surface area contributed by atoms with E-state index in [1.165, 1.54) is 5.56 Å². The highest BCUT2D eigenvalue weighted by atomic mass is 14.3. The van der Waals surface area contributed by atoms with Gasteiger partial charge in [-0.25, -0.2) is 0 Å². The first-order valence-electron chi connectivity index (χ1n) is 10.7. The van der Waals surface area contributed by atoms with Crippen LogP contribution in [0.4, 0.5) is 0 Å². The van der Waals surface area contributed by atoms with E-state index in [2.05, 4.69) is 66.8 Å². The normalized spacial score (nSPS) is 11.8. The summed E-state index contributed by atoms with van der Waals surface area (Å²) in [4.78, 5) is 0. The molecule has 1 nitrogen and oxygen atoms in total. The lowest BCUT2D eigenvalue weighted by atomic mass is 9.87. The van der Waals surface area contributed by atoms with Crippen LogP contribution in [-0.4, -0.2) is 0 Å². The van der Waals surface area contributed by atoms with E-state index in [4.69, 9.17) is 0 Å². The molecule has 150 valence electrons. The summed E-state index contributed by atoms with van der Waals surface area (Å²) in [5, 5.41) is 14.6. The molecule has 0 amide bonds. The molecule has 0 saturated carbocycles. The molecule has 0 atom stereocenters. The maximum Gasteiger partial charge on any atom is 0.0998 e. The van der Waals surface area contributed by atoms with Gasteiger partial charge in [-0.15, -0.1) is 0 Å². The minimum Gasteiger partial charge on any atom is -0.192 e. The summed E-state index contributed by atoms with van der Waals surface area (Å²) in [6, 6.07) is 39.6. The molecular weight excluding hydrogens is 386 g/mol. The Bertz CT molecular complexity index is 1440. The van der Waals surface area contributed by atoms with Crippen molar-refractivity contribution in [3.05, 3.63) is 131 Å². The number of nitriles is 1. The van der Waals surface area contributed by atoms with Gasteiger partial charge in [-0.2, -0.15) is 5.26 Å². The number of allylic oxidation sites excluding steroid dienone is 1. The molecule has 32 heavy (non-hydrogen) atoms. The first-order chi connectivity index (χ1) is 15.8. The van der Waals surface area contributed by atoms with Crippen molar-refractivity contribution in [2.75, 3.05) is 0 Å². The zero-order chi connectivity index (χ0) is 21.8. The lowest BCUT2D eigenvalue weighted by Crippen LogP contribution is -1.92. The number of hydrogen-bond acceptors (Lipinski definition) is 1. The third-order valence-electron chi connectivity index (χ3n) is 5.72. The average Bonchev–Trinajstić information content (AvgIpc) is 2.86. The molecule has 0 unspecified atom stereocenters. The van der Waals surface area contributed by atoms with Crippen molar-refractivity contribution in [3.8, 4) is 6.07 Å². The molecule has 0 heterocycles. The van der Waals surface area contributed by atoms with Gasteiger partial charge in [0.05, 0.1) is 11.6 Å². The molecule has 0 bridgehead atoms. The SMILES string of the molecule is N#CC(=Cc1ccccc1)c1c2ccccc2c(C=Cc2ccccc2)c2ccccc12. The van der Waals surface area contributed by atoms with Crippen molar-refractivity contribution in [2.45, 2.75) is 0 Å². The van der Waals surface area contributed by atoms with Crippen LogP contribution < -0.4 is 0 Å². The van der Waals surface area contributed by atoms with Crippen LogP contribution >= 0.6 is 0 Å². The third kappa shape index (κ3) is 3.71. The number of rotatable bonds is 4. The van der Waals surface area contributed by atoms with Crippen molar-refractivity contribution in [1.82, 2.24) is 0 Å². The quantitative estimate of drug-likeness (QED) is 0.167. The van der Waals surface area contributed by atoms with E-state index >= 15 is 0 Å². The third-order valence-corrected chi connectivity index (χ3v) is 5.72. The summed E-state index contributed by atoms with van der Waals surface area (Å²) in [7, 11) is 0. The zero-order valence-electron chi connectivity index (χ0n) is 17.6. The van der Waals surface area contributed by atoms with E-state index in [9.17, 15) is 5.26 Å². The maximum atomic E-state index is 10.1. The number of nitrogens with zero attached hydrogens (tertiary/aromatic N) is 1. The van der Waals surface area contributed by atoms with E-state index in [1.807, 2.05) is 66.7 Å². The van der Waals surface area contributed by atoms with Gasteiger partial charge in [0.25, 0.3) is 0 Å². The predicted molar refractivity (Wildman–Crippen MR) is 137 cm³/mol. The summed E-state index contributed by atoms with van der Waals surface area (Å²) < 4.78 is 0. The minimum atomic E-state index is 0.669. The van der Waals surface area contributed by atoms with Crippen LogP contribution in [0, 0.1) is 11.3 Å². The fourth-order valence-corrected chi connectivity index (χ4v) is 4.25. The second-order valence-corrected chi connectivity index (χ2v) is 7.70. The Morgan fingerprint density at radius 2 is 1.00 bits per heavy atom. The van der Waals surface area contributed by atoms with Crippen molar-refractivity contribution >= 4 is 45.3 Å². The van der Waals surface area contributed by atoms with E-state index in [0.29, 0.717) is 5.57 Å². The zero-order valence-corrected chi connectivity index (χ0v) is 17.6. The summed E-state index contributed by atoms with van der Waals surface area (Å²) >= 11 is 0. The molecule has 0 aliphatic rings. The Hall–Kier alpha value is -4.41.